The Morgan fingerprint density at radius 1 is 1.35 bits per heavy atom. The Hall–Kier alpha value is -1.62. The van der Waals surface area contributed by atoms with Gasteiger partial charge in [-0.1, -0.05) is 11.2 Å². The van der Waals surface area contributed by atoms with Gasteiger partial charge in [-0.2, -0.15) is 0 Å². The highest BCUT2D eigenvalue weighted by molar-refractivity contribution is 5.89. The molecule has 106 valence electrons. The summed E-state index contributed by atoms with van der Waals surface area (Å²) in [4.78, 5) is 2.48. The third-order valence-electron chi connectivity index (χ3n) is 4.75. The lowest BCUT2D eigenvalue weighted by Gasteiger charge is -2.44. The van der Waals surface area contributed by atoms with E-state index in [0.717, 1.165) is 11.9 Å². The summed E-state index contributed by atoms with van der Waals surface area (Å²) in [7, 11) is 0. The second-order valence-electron chi connectivity index (χ2n) is 5.99. The van der Waals surface area contributed by atoms with Gasteiger partial charge in [-0.3, -0.25) is 0 Å². The molecule has 1 atom stereocenters. The number of aryl methyl sites for hydroxylation is 1. The maximum absolute atomic E-state index is 14.0. The number of nitrogens with zero attached hydrogens (tertiary/aromatic N) is 2. The molecule has 20 heavy (non-hydrogen) atoms. The van der Waals surface area contributed by atoms with Crippen molar-refractivity contribution >= 4 is 16.8 Å². The van der Waals surface area contributed by atoms with Crippen LogP contribution in [0.5, 0.6) is 0 Å². The van der Waals surface area contributed by atoms with Gasteiger partial charge in [0.05, 0.1) is 5.39 Å². The van der Waals surface area contributed by atoms with E-state index in [1.54, 1.807) is 13.0 Å². The van der Waals surface area contributed by atoms with Gasteiger partial charge < -0.3 is 14.7 Å². The first kappa shape index (κ1) is 12.1. The van der Waals surface area contributed by atoms with Crippen molar-refractivity contribution in [3.05, 3.63) is 23.5 Å². The Morgan fingerprint density at radius 3 is 2.85 bits per heavy atom. The average molecular weight is 275 g/mol. The molecule has 3 saturated heterocycles. The predicted octanol–water partition coefficient (Wildman–Crippen LogP) is 2.78. The van der Waals surface area contributed by atoms with Gasteiger partial charge in [0.25, 0.3) is 0 Å². The summed E-state index contributed by atoms with van der Waals surface area (Å²) in [5.41, 5.74) is 0.844. The Morgan fingerprint density at radius 2 is 2.15 bits per heavy atom. The van der Waals surface area contributed by atoms with E-state index >= 15 is 0 Å². The summed E-state index contributed by atoms with van der Waals surface area (Å²) in [6.07, 6.45) is 2.47. The zero-order valence-electron chi connectivity index (χ0n) is 11.5. The highest BCUT2D eigenvalue weighted by Gasteiger charge is 2.34. The highest BCUT2D eigenvalue weighted by Crippen LogP contribution is 2.32. The Kier molecular flexibility index (Phi) is 2.70. The number of aromatic nitrogens is 1. The number of fused-ring (bicyclic) bond motifs is 4. The van der Waals surface area contributed by atoms with Crippen molar-refractivity contribution in [3.63, 3.8) is 0 Å². The molecule has 0 saturated carbocycles. The van der Waals surface area contributed by atoms with Crippen LogP contribution >= 0.6 is 0 Å². The molecule has 3 fully saturated rings. The van der Waals surface area contributed by atoms with Gasteiger partial charge in [0.1, 0.15) is 0 Å². The molecule has 4 heterocycles. The standard InChI is InChI=1S/C15H18FN3O/c1-9-2-3-11-14(13(9)16)20-18-15(11)17-12-8-19-6-4-10(12)5-7-19/h2-3,10,12H,4-8H2,1H3,(H,17,18)/t12-/m0/s1. The van der Waals surface area contributed by atoms with Gasteiger partial charge in [0.15, 0.2) is 11.6 Å². The van der Waals surface area contributed by atoms with Crippen molar-refractivity contribution in [3.8, 4) is 0 Å². The Balaban J connectivity index is 1.65. The van der Waals surface area contributed by atoms with E-state index in [-0.39, 0.29) is 11.4 Å². The zero-order chi connectivity index (χ0) is 13.7. The number of halogens is 1. The van der Waals surface area contributed by atoms with Crippen molar-refractivity contribution in [2.45, 2.75) is 25.8 Å². The molecule has 0 aliphatic carbocycles. The molecule has 0 amide bonds. The van der Waals surface area contributed by atoms with Crippen LogP contribution in [0.4, 0.5) is 10.2 Å². The molecule has 5 heteroatoms. The third-order valence-corrected chi connectivity index (χ3v) is 4.75. The quantitative estimate of drug-likeness (QED) is 0.915. The molecule has 5 rings (SSSR count). The summed E-state index contributed by atoms with van der Waals surface area (Å²) in [5.74, 6) is 1.07. The number of anilines is 1. The molecule has 1 N–H and O–H groups in total. The SMILES string of the molecule is Cc1ccc2c(N[C@H]3CN4CCC3CC4)noc2c1F. The fourth-order valence-electron chi connectivity index (χ4n) is 3.48. The maximum atomic E-state index is 14.0. The molecular weight excluding hydrogens is 257 g/mol. The maximum Gasteiger partial charge on any atom is 0.204 e. The van der Waals surface area contributed by atoms with Crippen LogP contribution in [0.2, 0.25) is 0 Å². The van der Waals surface area contributed by atoms with Crippen LogP contribution in [-0.4, -0.2) is 35.7 Å². The van der Waals surface area contributed by atoms with Gasteiger partial charge in [-0.05, 0) is 50.4 Å². The van der Waals surface area contributed by atoms with E-state index < -0.39 is 0 Å². The molecule has 2 bridgehead atoms. The van der Waals surface area contributed by atoms with E-state index in [1.165, 1.54) is 25.9 Å². The molecule has 2 aromatic rings. The van der Waals surface area contributed by atoms with E-state index in [9.17, 15) is 4.39 Å². The molecule has 3 aliphatic heterocycles. The predicted molar refractivity (Wildman–Crippen MR) is 75.3 cm³/mol. The van der Waals surface area contributed by atoms with Crippen LogP contribution in [0.1, 0.15) is 18.4 Å². The van der Waals surface area contributed by atoms with Gasteiger partial charge in [-0.25, -0.2) is 4.39 Å². The molecule has 0 spiro atoms. The van der Waals surface area contributed by atoms with E-state index in [4.69, 9.17) is 4.52 Å². The second kappa shape index (κ2) is 4.45. The van der Waals surface area contributed by atoms with Crippen LogP contribution in [0.3, 0.4) is 0 Å². The van der Waals surface area contributed by atoms with E-state index in [2.05, 4.69) is 15.4 Å². The smallest absolute Gasteiger partial charge is 0.204 e. The topological polar surface area (TPSA) is 41.3 Å². The summed E-state index contributed by atoms with van der Waals surface area (Å²) in [6.45, 7) is 5.19. The second-order valence-corrected chi connectivity index (χ2v) is 5.99. The molecule has 1 aromatic carbocycles. The summed E-state index contributed by atoms with van der Waals surface area (Å²) in [6, 6.07) is 4.06. The molecule has 3 aliphatic rings. The van der Waals surface area contributed by atoms with Crippen LogP contribution in [-0.2, 0) is 0 Å². The van der Waals surface area contributed by atoms with Gasteiger partial charge >= 0.3 is 0 Å². The van der Waals surface area contributed by atoms with Gasteiger partial charge in [-0.15, -0.1) is 0 Å². The zero-order valence-corrected chi connectivity index (χ0v) is 11.5. The van der Waals surface area contributed by atoms with Crippen molar-refractivity contribution in [1.82, 2.24) is 10.1 Å². The van der Waals surface area contributed by atoms with Gasteiger partial charge in [0, 0.05) is 12.6 Å². The van der Waals surface area contributed by atoms with Crippen molar-refractivity contribution in [2.75, 3.05) is 25.0 Å². The number of nitrogens with one attached hydrogen (secondary N) is 1. The Labute approximate surface area is 116 Å². The summed E-state index contributed by atoms with van der Waals surface area (Å²) < 4.78 is 19.2. The summed E-state index contributed by atoms with van der Waals surface area (Å²) in [5, 5.41) is 8.24. The number of rotatable bonds is 2. The monoisotopic (exact) mass is 275 g/mol. The highest BCUT2D eigenvalue weighted by atomic mass is 19.1. The number of hydrogen-bond donors (Lipinski definition) is 1. The van der Waals surface area contributed by atoms with Crippen LogP contribution in [0.15, 0.2) is 16.7 Å². The first-order valence-corrected chi connectivity index (χ1v) is 7.26. The van der Waals surface area contributed by atoms with Crippen LogP contribution in [0.25, 0.3) is 11.0 Å². The molecule has 0 radical (unpaired) electrons. The average Bonchev–Trinajstić information content (AvgIpc) is 2.88. The minimum absolute atomic E-state index is 0.258. The largest absolute Gasteiger partial charge is 0.362 e. The molecule has 4 nitrogen and oxygen atoms in total. The molecular formula is C15H18FN3O. The number of hydrogen-bond acceptors (Lipinski definition) is 4. The van der Waals surface area contributed by atoms with Crippen LogP contribution < -0.4 is 5.32 Å². The molecule has 1 aromatic heterocycles. The number of benzene rings is 1. The van der Waals surface area contributed by atoms with Crippen LogP contribution in [0, 0.1) is 18.7 Å². The fourth-order valence-corrected chi connectivity index (χ4v) is 3.48. The molecule has 0 unspecified atom stereocenters. The lowest BCUT2D eigenvalue weighted by Crippen LogP contribution is -2.53. The first-order chi connectivity index (χ1) is 9.72. The minimum atomic E-state index is -0.308. The van der Waals surface area contributed by atoms with Crippen molar-refractivity contribution in [1.29, 1.82) is 0 Å². The third kappa shape index (κ3) is 1.80. The first-order valence-electron chi connectivity index (χ1n) is 7.26. The van der Waals surface area contributed by atoms with Crippen molar-refractivity contribution in [2.24, 2.45) is 5.92 Å². The Bertz CT molecular complexity index is 646. The van der Waals surface area contributed by atoms with E-state index in [1.807, 2.05) is 6.07 Å². The minimum Gasteiger partial charge on any atom is -0.362 e. The van der Waals surface area contributed by atoms with E-state index in [0.29, 0.717) is 23.3 Å². The lowest BCUT2D eigenvalue weighted by atomic mass is 9.84. The fraction of sp³-hybridized carbons (Fsp3) is 0.533. The normalized spacial score (nSPS) is 29.0. The van der Waals surface area contributed by atoms with Gasteiger partial charge in [0.2, 0.25) is 5.58 Å². The van der Waals surface area contributed by atoms with Crippen molar-refractivity contribution < 1.29 is 8.91 Å². The summed E-state index contributed by atoms with van der Waals surface area (Å²) >= 11 is 0. The number of piperidine rings is 3. The lowest BCUT2D eigenvalue weighted by molar-refractivity contribution is 0.0973.